The molecular weight excluding hydrogens is 326 g/mol. The second-order valence-corrected chi connectivity index (χ2v) is 6.44. The summed E-state index contributed by atoms with van der Waals surface area (Å²) < 4.78 is 0. The molecule has 3 aromatic heterocycles. The molecule has 26 heavy (non-hydrogen) atoms. The van der Waals surface area contributed by atoms with Crippen molar-refractivity contribution < 1.29 is 0 Å². The Bertz CT molecular complexity index is 808. The Hall–Kier alpha value is -3.09. The number of hydrogen-bond acceptors (Lipinski definition) is 7. The highest BCUT2D eigenvalue weighted by atomic mass is 15.2. The molecule has 0 saturated carbocycles. The molecule has 4 rings (SSSR count). The van der Waals surface area contributed by atoms with Gasteiger partial charge in [0.15, 0.2) is 0 Å². The molecule has 0 amide bonds. The van der Waals surface area contributed by atoms with Gasteiger partial charge in [-0.05, 0) is 43.4 Å². The molecule has 0 aliphatic carbocycles. The zero-order chi connectivity index (χ0) is 17.6. The zero-order valence-electron chi connectivity index (χ0n) is 14.5. The molecule has 3 aromatic rings. The predicted octanol–water partition coefficient (Wildman–Crippen LogP) is 2.86. The molecule has 4 heterocycles. The molecule has 0 aromatic carbocycles. The lowest BCUT2D eigenvalue weighted by molar-refractivity contribution is 0.406. The van der Waals surface area contributed by atoms with E-state index in [-0.39, 0.29) is 0 Å². The van der Waals surface area contributed by atoms with E-state index in [0.717, 1.165) is 43.4 Å². The van der Waals surface area contributed by atoms with Crippen LogP contribution in [0.1, 0.15) is 18.5 Å². The van der Waals surface area contributed by atoms with Crippen LogP contribution in [0, 0.1) is 5.92 Å². The quantitative estimate of drug-likeness (QED) is 0.760. The maximum atomic E-state index is 4.56. The Morgan fingerprint density at radius 2 is 1.81 bits per heavy atom. The number of pyridine rings is 1. The van der Waals surface area contributed by atoms with E-state index < -0.39 is 0 Å². The highest BCUT2D eigenvalue weighted by molar-refractivity contribution is 5.49. The van der Waals surface area contributed by atoms with Crippen molar-refractivity contribution >= 4 is 17.6 Å². The summed E-state index contributed by atoms with van der Waals surface area (Å²) in [6.07, 6.45) is 12.2. The van der Waals surface area contributed by atoms with E-state index in [1.54, 1.807) is 24.8 Å². The molecule has 1 fully saturated rings. The summed E-state index contributed by atoms with van der Waals surface area (Å²) in [7, 11) is 0. The minimum atomic E-state index is 0.538. The van der Waals surface area contributed by atoms with Crippen molar-refractivity contribution in [3.8, 4) is 0 Å². The van der Waals surface area contributed by atoms with Crippen LogP contribution < -0.4 is 10.2 Å². The number of piperidine rings is 1. The third-order valence-electron chi connectivity index (χ3n) is 4.48. The van der Waals surface area contributed by atoms with Crippen molar-refractivity contribution in [1.29, 1.82) is 0 Å². The fraction of sp³-hybridized carbons (Fsp3) is 0.316. The number of rotatable bonds is 5. The van der Waals surface area contributed by atoms with Crippen LogP contribution in [-0.2, 0) is 6.42 Å². The lowest BCUT2D eigenvalue weighted by Gasteiger charge is -2.32. The second-order valence-electron chi connectivity index (χ2n) is 6.44. The molecule has 0 unspecified atom stereocenters. The summed E-state index contributed by atoms with van der Waals surface area (Å²) in [6, 6.07) is 7.56. The lowest BCUT2D eigenvalue weighted by atomic mass is 9.94. The van der Waals surface area contributed by atoms with Crippen molar-refractivity contribution in [3.63, 3.8) is 0 Å². The number of nitrogens with zero attached hydrogens (tertiary/aromatic N) is 6. The van der Waals surface area contributed by atoms with Gasteiger partial charge in [0.2, 0.25) is 5.95 Å². The van der Waals surface area contributed by atoms with Crippen LogP contribution in [0.4, 0.5) is 17.6 Å². The van der Waals surface area contributed by atoms with Gasteiger partial charge in [0.1, 0.15) is 11.6 Å². The summed E-state index contributed by atoms with van der Waals surface area (Å²) >= 11 is 0. The molecule has 1 saturated heterocycles. The van der Waals surface area contributed by atoms with Gasteiger partial charge >= 0.3 is 0 Å². The Morgan fingerprint density at radius 3 is 2.58 bits per heavy atom. The van der Waals surface area contributed by atoms with Gasteiger partial charge in [-0.2, -0.15) is 0 Å². The SMILES string of the molecule is c1ccc(Nc2cnc(C[C@@H]3CCCN(c4ncccn4)C3)cn2)nc1. The van der Waals surface area contributed by atoms with E-state index in [0.29, 0.717) is 11.7 Å². The summed E-state index contributed by atoms with van der Waals surface area (Å²) in [6.45, 7) is 1.97. The molecule has 132 valence electrons. The second kappa shape index (κ2) is 7.86. The summed E-state index contributed by atoms with van der Waals surface area (Å²) in [5, 5.41) is 3.15. The van der Waals surface area contributed by atoms with Crippen molar-refractivity contribution in [1.82, 2.24) is 24.9 Å². The molecule has 0 bridgehead atoms. The standard InChI is InChI=1S/C19H21N7/c1-2-7-20-17(6-1)25-18-13-23-16(12-24-18)11-15-5-3-10-26(14-15)19-21-8-4-9-22-19/h1-2,4,6-9,12-13,15H,3,5,10-11,14H2,(H,20,24,25)/t15-/m0/s1. The first-order chi connectivity index (χ1) is 12.9. The third-order valence-corrected chi connectivity index (χ3v) is 4.48. The summed E-state index contributed by atoms with van der Waals surface area (Å²) in [5.74, 6) is 2.82. The van der Waals surface area contributed by atoms with E-state index >= 15 is 0 Å². The Morgan fingerprint density at radius 1 is 0.923 bits per heavy atom. The van der Waals surface area contributed by atoms with Gasteiger partial charge in [0.05, 0.1) is 18.1 Å². The highest BCUT2D eigenvalue weighted by Crippen LogP contribution is 2.22. The number of anilines is 3. The summed E-state index contributed by atoms with van der Waals surface area (Å²) in [4.78, 5) is 24.3. The van der Waals surface area contributed by atoms with Crippen LogP contribution >= 0.6 is 0 Å². The van der Waals surface area contributed by atoms with Crippen LogP contribution in [0.2, 0.25) is 0 Å². The molecule has 0 spiro atoms. The molecular formula is C19H21N7. The average molecular weight is 347 g/mol. The van der Waals surface area contributed by atoms with Gasteiger partial charge in [0.25, 0.3) is 0 Å². The number of aromatic nitrogens is 5. The molecule has 7 heteroatoms. The first kappa shape index (κ1) is 16.4. The van der Waals surface area contributed by atoms with Crippen molar-refractivity contribution in [2.24, 2.45) is 5.92 Å². The van der Waals surface area contributed by atoms with E-state index in [9.17, 15) is 0 Å². The van der Waals surface area contributed by atoms with Crippen molar-refractivity contribution in [2.45, 2.75) is 19.3 Å². The Balaban J connectivity index is 1.36. The van der Waals surface area contributed by atoms with Gasteiger partial charge in [-0.25, -0.2) is 19.9 Å². The average Bonchev–Trinajstić information content (AvgIpc) is 2.71. The molecule has 0 radical (unpaired) electrons. The molecule has 1 atom stereocenters. The fourth-order valence-electron chi connectivity index (χ4n) is 3.26. The van der Waals surface area contributed by atoms with Crippen LogP contribution in [-0.4, -0.2) is 38.0 Å². The van der Waals surface area contributed by atoms with E-state index in [1.165, 1.54) is 6.42 Å². The minimum Gasteiger partial charge on any atom is -0.341 e. The van der Waals surface area contributed by atoms with E-state index in [1.807, 2.05) is 30.5 Å². The largest absolute Gasteiger partial charge is 0.341 e. The van der Waals surface area contributed by atoms with Crippen LogP contribution in [0.25, 0.3) is 0 Å². The molecule has 1 aliphatic heterocycles. The Labute approximate surface area is 152 Å². The Kier molecular flexibility index (Phi) is 4.95. The highest BCUT2D eigenvalue weighted by Gasteiger charge is 2.22. The van der Waals surface area contributed by atoms with Gasteiger partial charge in [-0.3, -0.25) is 4.98 Å². The predicted molar refractivity (Wildman–Crippen MR) is 100 cm³/mol. The lowest BCUT2D eigenvalue weighted by Crippen LogP contribution is -2.37. The van der Waals surface area contributed by atoms with Gasteiger partial charge in [-0.1, -0.05) is 6.07 Å². The first-order valence-electron chi connectivity index (χ1n) is 8.88. The first-order valence-corrected chi connectivity index (χ1v) is 8.88. The van der Waals surface area contributed by atoms with E-state index in [4.69, 9.17) is 0 Å². The fourth-order valence-corrected chi connectivity index (χ4v) is 3.26. The smallest absolute Gasteiger partial charge is 0.225 e. The molecule has 1 aliphatic rings. The van der Waals surface area contributed by atoms with Gasteiger partial charge in [-0.15, -0.1) is 0 Å². The summed E-state index contributed by atoms with van der Waals surface area (Å²) in [5.41, 5.74) is 1.01. The number of hydrogen-bond donors (Lipinski definition) is 1. The zero-order valence-corrected chi connectivity index (χ0v) is 14.5. The van der Waals surface area contributed by atoms with Crippen LogP contribution in [0.3, 0.4) is 0 Å². The van der Waals surface area contributed by atoms with Crippen LogP contribution in [0.5, 0.6) is 0 Å². The maximum absolute atomic E-state index is 4.56. The van der Waals surface area contributed by atoms with Crippen molar-refractivity contribution in [3.05, 3.63) is 60.9 Å². The monoisotopic (exact) mass is 347 g/mol. The van der Waals surface area contributed by atoms with Crippen LogP contribution in [0.15, 0.2) is 55.2 Å². The topological polar surface area (TPSA) is 79.7 Å². The minimum absolute atomic E-state index is 0.538. The van der Waals surface area contributed by atoms with Gasteiger partial charge < -0.3 is 10.2 Å². The maximum Gasteiger partial charge on any atom is 0.225 e. The normalized spacial score (nSPS) is 17.1. The van der Waals surface area contributed by atoms with E-state index in [2.05, 4.69) is 35.1 Å². The van der Waals surface area contributed by atoms with Crippen molar-refractivity contribution in [2.75, 3.05) is 23.3 Å². The molecule has 1 N–H and O–H groups in total. The number of nitrogens with one attached hydrogen (secondary N) is 1. The third kappa shape index (κ3) is 4.11. The molecule has 7 nitrogen and oxygen atoms in total. The van der Waals surface area contributed by atoms with Gasteiger partial charge in [0, 0.05) is 31.7 Å².